The second kappa shape index (κ2) is 4.59. The van der Waals surface area contributed by atoms with E-state index in [1.54, 1.807) is 22.6 Å². The molecule has 0 saturated carbocycles. The van der Waals surface area contributed by atoms with Crippen LogP contribution in [0.5, 0.6) is 0 Å². The van der Waals surface area contributed by atoms with Crippen LogP contribution in [-0.4, -0.2) is 25.0 Å². The molecule has 0 bridgehead atoms. The molecule has 0 amide bonds. The molecule has 86 valence electrons. The molecule has 0 aliphatic carbocycles. The average Bonchev–Trinajstić information content (AvgIpc) is 2.58. The Morgan fingerprint density at radius 1 is 1.44 bits per heavy atom. The van der Waals surface area contributed by atoms with Gasteiger partial charge in [-0.2, -0.15) is 16.9 Å². The first kappa shape index (κ1) is 11.7. The predicted molar refractivity (Wildman–Crippen MR) is 67.7 cm³/mol. The van der Waals surface area contributed by atoms with Gasteiger partial charge in [0.2, 0.25) is 0 Å². The quantitative estimate of drug-likeness (QED) is 0.792. The van der Waals surface area contributed by atoms with Crippen molar-refractivity contribution in [3.63, 3.8) is 0 Å². The number of rotatable bonds is 3. The Bertz CT molecular complexity index is 509. The van der Waals surface area contributed by atoms with Crippen LogP contribution in [-0.2, 0) is 12.8 Å². The number of aromatic nitrogens is 4. The third-order valence-corrected chi connectivity index (χ3v) is 3.52. The SMILES string of the molecule is CC(C)SCc1nc(Cl)c2cnn(C)c2n1. The van der Waals surface area contributed by atoms with E-state index in [0.29, 0.717) is 10.4 Å². The fourth-order valence-corrected chi connectivity index (χ4v) is 2.18. The first-order chi connectivity index (χ1) is 7.58. The Morgan fingerprint density at radius 3 is 2.88 bits per heavy atom. The minimum Gasteiger partial charge on any atom is -0.250 e. The molecule has 2 aromatic heterocycles. The highest BCUT2D eigenvalue weighted by Crippen LogP contribution is 2.22. The molecule has 0 radical (unpaired) electrons. The summed E-state index contributed by atoms with van der Waals surface area (Å²) in [5.41, 5.74) is 0.791. The van der Waals surface area contributed by atoms with Gasteiger partial charge in [0.15, 0.2) is 5.65 Å². The fourth-order valence-electron chi connectivity index (χ4n) is 1.34. The van der Waals surface area contributed by atoms with E-state index in [1.165, 1.54) is 0 Å². The first-order valence-corrected chi connectivity index (χ1v) is 6.46. The summed E-state index contributed by atoms with van der Waals surface area (Å²) in [5.74, 6) is 1.54. The number of nitrogens with zero attached hydrogens (tertiary/aromatic N) is 4. The summed E-state index contributed by atoms with van der Waals surface area (Å²) in [6.07, 6.45) is 1.69. The number of hydrogen-bond acceptors (Lipinski definition) is 4. The molecule has 4 nitrogen and oxygen atoms in total. The van der Waals surface area contributed by atoms with Crippen molar-refractivity contribution in [3.05, 3.63) is 17.2 Å². The maximum absolute atomic E-state index is 6.08. The maximum atomic E-state index is 6.08. The largest absolute Gasteiger partial charge is 0.250 e. The van der Waals surface area contributed by atoms with Gasteiger partial charge in [0.05, 0.1) is 17.3 Å². The topological polar surface area (TPSA) is 43.6 Å². The molecule has 0 unspecified atom stereocenters. The summed E-state index contributed by atoms with van der Waals surface area (Å²) < 4.78 is 1.71. The van der Waals surface area contributed by atoms with Crippen LogP contribution in [0.4, 0.5) is 0 Å². The molecule has 0 saturated heterocycles. The van der Waals surface area contributed by atoms with E-state index in [-0.39, 0.29) is 0 Å². The van der Waals surface area contributed by atoms with Crippen LogP contribution in [0.15, 0.2) is 6.20 Å². The van der Waals surface area contributed by atoms with Gasteiger partial charge in [0, 0.05) is 7.05 Å². The molecule has 0 aliphatic rings. The predicted octanol–water partition coefficient (Wildman–Crippen LogP) is 2.66. The van der Waals surface area contributed by atoms with E-state index in [4.69, 9.17) is 11.6 Å². The van der Waals surface area contributed by atoms with E-state index in [1.807, 2.05) is 7.05 Å². The number of hydrogen-bond donors (Lipinski definition) is 0. The van der Waals surface area contributed by atoms with Gasteiger partial charge in [-0.05, 0) is 5.25 Å². The monoisotopic (exact) mass is 256 g/mol. The van der Waals surface area contributed by atoms with E-state index in [0.717, 1.165) is 22.6 Å². The van der Waals surface area contributed by atoms with Gasteiger partial charge in [-0.3, -0.25) is 4.68 Å². The summed E-state index contributed by atoms with van der Waals surface area (Å²) in [5, 5.41) is 5.97. The molecule has 2 rings (SSSR count). The second-order valence-electron chi connectivity index (χ2n) is 3.80. The lowest BCUT2D eigenvalue weighted by Gasteiger charge is -2.04. The van der Waals surface area contributed by atoms with Crippen molar-refractivity contribution in [2.45, 2.75) is 24.9 Å². The lowest BCUT2D eigenvalue weighted by molar-refractivity contribution is 0.782. The number of aryl methyl sites for hydroxylation is 1. The summed E-state index contributed by atoms with van der Waals surface area (Å²) >= 11 is 7.87. The van der Waals surface area contributed by atoms with Gasteiger partial charge in [0.25, 0.3) is 0 Å². The Hall–Kier alpha value is -0.810. The smallest absolute Gasteiger partial charge is 0.162 e. The summed E-state index contributed by atoms with van der Waals surface area (Å²) in [7, 11) is 1.85. The number of thioether (sulfide) groups is 1. The number of fused-ring (bicyclic) bond motifs is 1. The third-order valence-electron chi connectivity index (χ3n) is 2.14. The molecule has 6 heteroatoms. The summed E-state index contributed by atoms with van der Waals surface area (Å²) in [6.45, 7) is 4.30. The molecule has 16 heavy (non-hydrogen) atoms. The van der Waals surface area contributed by atoms with Crippen LogP contribution in [0.1, 0.15) is 19.7 Å². The van der Waals surface area contributed by atoms with Gasteiger partial charge in [0.1, 0.15) is 11.0 Å². The van der Waals surface area contributed by atoms with E-state index in [9.17, 15) is 0 Å². The van der Waals surface area contributed by atoms with Crippen molar-refractivity contribution in [2.75, 3.05) is 0 Å². The van der Waals surface area contributed by atoms with Gasteiger partial charge < -0.3 is 0 Å². The first-order valence-electron chi connectivity index (χ1n) is 5.03. The Balaban J connectivity index is 2.36. The van der Waals surface area contributed by atoms with Crippen LogP contribution < -0.4 is 0 Å². The van der Waals surface area contributed by atoms with Crippen molar-refractivity contribution in [3.8, 4) is 0 Å². The van der Waals surface area contributed by atoms with Crippen LogP contribution in [0.2, 0.25) is 5.15 Å². The fraction of sp³-hybridized carbons (Fsp3) is 0.500. The van der Waals surface area contributed by atoms with Crippen molar-refractivity contribution in [1.29, 1.82) is 0 Å². The molecule has 0 atom stereocenters. The minimum atomic E-state index is 0.484. The molecular formula is C10H13ClN4S. The minimum absolute atomic E-state index is 0.484. The van der Waals surface area contributed by atoms with Crippen molar-refractivity contribution >= 4 is 34.4 Å². The Morgan fingerprint density at radius 2 is 2.19 bits per heavy atom. The van der Waals surface area contributed by atoms with Gasteiger partial charge in [-0.1, -0.05) is 25.4 Å². The molecular weight excluding hydrogens is 244 g/mol. The maximum Gasteiger partial charge on any atom is 0.162 e. The molecule has 0 aromatic carbocycles. The lowest BCUT2D eigenvalue weighted by Crippen LogP contribution is -1.99. The van der Waals surface area contributed by atoms with E-state index < -0.39 is 0 Å². The van der Waals surface area contributed by atoms with Crippen LogP contribution >= 0.6 is 23.4 Å². The molecule has 0 aliphatic heterocycles. The lowest BCUT2D eigenvalue weighted by atomic mass is 10.4. The zero-order chi connectivity index (χ0) is 11.7. The highest BCUT2D eigenvalue weighted by molar-refractivity contribution is 7.99. The van der Waals surface area contributed by atoms with Crippen molar-refractivity contribution < 1.29 is 0 Å². The second-order valence-corrected chi connectivity index (χ2v) is 5.72. The van der Waals surface area contributed by atoms with Gasteiger partial charge in [-0.15, -0.1) is 0 Å². The van der Waals surface area contributed by atoms with E-state index in [2.05, 4.69) is 28.9 Å². The average molecular weight is 257 g/mol. The molecule has 2 heterocycles. The highest BCUT2D eigenvalue weighted by atomic mass is 35.5. The van der Waals surface area contributed by atoms with Crippen LogP contribution in [0.3, 0.4) is 0 Å². The zero-order valence-corrected chi connectivity index (χ0v) is 11.0. The van der Waals surface area contributed by atoms with Crippen molar-refractivity contribution in [1.82, 2.24) is 19.7 Å². The number of halogens is 1. The highest BCUT2D eigenvalue weighted by Gasteiger charge is 2.10. The molecule has 2 aromatic rings. The summed E-state index contributed by atoms with van der Waals surface area (Å²) in [6, 6.07) is 0. The zero-order valence-electron chi connectivity index (χ0n) is 9.44. The molecule has 0 N–H and O–H groups in total. The van der Waals surface area contributed by atoms with Crippen LogP contribution in [0.25, 0.3) is 11.0 Å². The normalized spacial score (nSPS) is 11.6. The third kappa shape index (κ3) is 2.30. The Kier molecular flexibility index (Phi) is 3.35. The molecule has 0 spiro atoms. The standard InChI is InChI=1S/C10H13ClN4S/c1-6(2)16-5-8-13-9(11)7-4-12-15(3)10(7)14-8/h4,6H,5H2,1-3H3. The van der Waals surface area contributed by atoms with Crippen molar-refractivity contribution in [2.24, 2.45) is 7.05 Å². The Labute approximate surface area is 103 Å². The molecule has 0 fully saturated rings. The summed E-state index contributed by atoms with van der Waals surface area (Å²) in [4.78, 5) is 8.72. The van der Waals surface area contributed by atoms with Gasteiger partial charge >= 0.3 is 0 Å². The van der Waals surface area contributed by atoms with E-state index >= 15 is 0 Å². The van der Waals surface area contributed by atoms with Gasteiger partial charge in [-0.25, -0.2) is 9.97 Å². The van der Waals surface area contributed by atoms with Crippen LogP contribution in [0, 0.1) is 0 Å².